The zero-order chi connectivity index (χ0) is 10.6. The van der Waals surface area contributed by atoms with Gasteiger partial charge in [0.05, 0.1) is 0 Å². The van der Waals surface area contributed by atoms with Crippen molar-refractivity contribution in [1.29, 1.82) is 0 Å². The SMILES string of the molecule is C=C(C)CC(OS(=O)Cl)C(Cl)(Cl)Cl. The molecule has 0 aliphatic rings. The summed E-state index contributed by atoms with van der Waals surface area (Å²) in [4.78, 5) is 0. The first-order valence-corrected chi connectivity index (χ1v) is 6.23. The van der Waals surface area contributed by atoms with Crippen LogP contribution in [0.4, 0.5) is 0 Å². The Morgan fingerprint density at radius 1 is 1.62 bits per heavy atom. The zero-order valence-electron chi connectivity index (χ0n) is 6.73. The van der Waals surface area contributed by atoms with E-state index >= 15 is 0 Å². The second-order valence-corrected chi connectivity index (χ2v) is 6.19. The molecule has 0 N–H and O–H groups in total. The van der Waals surface area contributed by atoms with Crippen molar-refractivity contribution in [3.8, 4) is 0 Å². The van der Waals surface area contributed by atoms with Gasteiger partial charge in [-0.1, -0.05) is 40.4 Å². The van der Waals surface area contributed by atoms with Crippen LogP contribution < -0.4 is 0 Å². The van der Waals surface area contributed by atoms with E-state index in [1.807, 2.05) is 0 Å². The summed E-state index contributed by atoms with van der Waals surface area (Å²) in [6.07, 6.45) is -0.567. The van der Waals surface area contributed by atoms with Gasteiger partial charge in [-0.15, -0.1) is 6.58 Å². The van der Waals surface area contributed by atoms with Gasteiger partial charge in [-0.05, 0) is 13.3 Å². The predicted octanol–water partition coefficient (Wildman–Crippen LogP) is 3.53. The van der Waals surface area contributed by atoms with Crippen molar-refractivity contribution in [3.05, 3.63) is 12.2 Å². The van der Waals surface area contributed by atoms with Gasteiger partial charge >= 0.3 is 0 Å². The van der Waals surface area contributed by atoms with Gasteiger partial charge in [-0.2, -0.15) is 0 Å². The number of hydrogen-bond acceptors (Lipinski definition) is 2. The molecule has 0 radical (unpaired) electrons. The Morgan fingerprint density at radius 2 is 2.08 bits per heavy atom. The van der Waals surface area contributed by atoms with Gasteiger partial charge in [-0.25, -0.2) is 4.21 Å². The zero-order valence-corrected chi connectivity index (χ0v) is 10.6. The van der Waals surface area contributed by atoms with Crippen LogP contribution >= 0.6 is 45.5 Å². The lowest BCUT2D eigenvalue weighted by Crippen LogP contribution is -2.28. The Labute approximate surface area is 99.3 Å². The minimum atomic E-state index is -1.98. The van der Waals surface area contributed by atoms with Gasteiger partial charge in [0.1, 0.15) is 6.10 Å². The van der Waals surface area contributed by atoms with Gasteiger partial charge in [0.25, 0.3) is 10.3 Å². The molecule has 0 heterocycles. The Bertz CT molecular complexity index is 197. The Hall–Kier alpha value is 1.01. The van der Waals surface area contributed by atoms with Crippen LogP contribution in [-0.4, -0.2) is 14.1 Å². The molecule has 13 heavy (non-hydrogen) atoms. The van der Waals surface area contributed by atoms with Crippen LogP contribution in [0, 0.1) is 0 Å². The van der Waals surface area contributed by atoms with Crippen molar-refractivity contribution < 1.29 is 8.39 Å². The maximum atomic E-state index is 10.5. The van der Waals surface area contributed by atoms with Gasteiger partial charge in [0, 0.05) is 10.7 Å². The van der Waals surface area contributed by atoms with Crippen molar-refractivity contribution in [2.75, 3.05) is 0 Å². The van der Waals surface area contributed by atoms with E-state index in [0.29, 0.717) is 0 Å². The first-order chi connectivity index (χ1) is 5.73. The van der Waals surface area contributed by atoms with Gasteiger partial charge in [0.15, 0.2) is 0 Å². The third-order valence-electron chi connectivity index (χ3n) is 1.09. The lowest BCUT2D eigenvalue weighted by Gasteiger charge is -2.22. The second kappa shape index (κ2) is 5.79. The summed E-state index contributed by atoms with van der Waals surface area (Å²) in [5.41, 5.74) is 0.749. The highest BCUT2D eigenvalue weighted by atomic mass is 35.7. The molecule has 2 atom stereocenters. The molecule has 0 rings (SSSR count). The van der Waals surface area contributed by atoms with Crippen molar-refractivity contribution in [2.24, 2.45) is 0 Å². The highest BCUT2D eigenvalue weighted by Gasteiger charge is 2.35. The normalized spacial score (nSPS) is 16.7. The summed E-state index contributed by atoms with van der Waals surface area (Å²) in [7, 11) is 3.13. The maximum absolute atomic E-state index is 10.5. The van der Waals surface area contributed by atoms with Crippen LogP contribution in [0.1, 0.15) is 13.3 Å². The van der Waals surface area contributed by atoms with Crippen molar-refractivity contribution in [1.82, 2.24) is 0 Å². The fraction of sp³-hybridized carbons (Fsp3) is 0.667. The summed E-state index contributed by atoms with van der Waals surface area (Å²) < 4.78 is 13.6. The summed E-state index contributed by atoms with van der Waals surface area (Å²) in [6.45, 7) is 5.36. The third kappa shape index (κ3) is 7.00. The third-order valence-corrected chi connectivity index (χ3v) is 2.42. The van der Waals surface area contributed by atoms with Crippen LogP contribution in [0.15, 0.2) is 12.2 Å². The van der Waals surface area contributed by atoms with E-state index in [2.05, 4.69) is 6.58 Å². The molecule has 0 fully saturated rings. The molecular formula is C6H8Cl4O2S. The van der Waals surface area contributed by atoms with E-state index in [9.17, 15) is 4.21 Å². The molecule has 0 aromatic heterocycles. The van der Waals surface area contributed by atoms with Crippen LogP contribution in [0.25, 0.3) is 0 Å². The van der Waals surface area contributed by atoms with E-state index in [1.165, 1.54) is 0 Å². The highest BCUT2D eigenvalue weighted by Crippen LogP contribution is 2.35. The second-order valence-electron chi connectivity index (χ2n) is 2.48. The highest BCUT2D eigenvalue weighted by molar-refractivity contribution is 8.04. The average molecular weight is 286 g/mol. The first-order valence-electron chi connectivity index (χ1n) is 3.19. The molecule has 0 saturated carbocycles. The molecule has 2 unspecified atom stereocenters. The van der Waals surface area contributed by atoms with Crippen molar-refractivity contribution in [2.45, 2.75) is 23.2 Å². The topological polar surface area (TPSA) is 26.3 Å². The molecule has 0 aromatic carbocycles. The molecule has 0 aromatic rings. The average Bonchev–Trinajstić information content (AvgIpc) is 1.81. The molecule has 0 aliphatic heterocycles. The molecule has 7 heteroatoms. The quantitative estimate of drug-likeness (QED) is 0.449. The van der Waals surface area contributed by atoms with Crippen LogP contribution in [-0.2, 0) is 14.5 Å². The maximum Gasteiger partial charge on any atom is 0.256 e. The number of rotatable bonds is 4. The smallest absolute Gasteiger partial charge is 0.256 e. The Kier molecular flexibility index (Phi) is 6.23. The fourth-order valence-corrected chi connectivity index (χ4v) is 1.79. The summed E-state index contributed by atoms with van der Waals surface area (Å²) in [5, 5.41) is 0. The minimum absolute atomic E-state index is 0.287. The van der Waals surface area contributed by atoms with E-state index in [1.54, 1.807) is 6.92 Å². The Morgan fingerprint density at radius 3 is 2.31 bits per heavy atom. The van der Waals surface area contributed by atoms with E-state index in [-0.39, 0.29) is 6.42 Å². The minimum Gasteiger partial charge on any atom is -0.270 e. The van der Waals surface area contributed by atoms with Gasteiger partial charge < -0.3 is 0 Å². The van der Waals surface area contributed by atoms with Gasteiger partial charge in [0.2, 0.25) is 3.79 Å². The fourth-order valence-electron chi connectivity index (χ4n) is 0.612. The molecular weight excluding hydrogens is 278 g/mol. The van der Waals surface area contributed by atoms with E-state index in [4.69, 9.17) is 49.7 Å². The Balaban J connectivity index is 4.37. The summed E-state index contributed by atoms with van der Waals surface area (Å²) in [5.74, 6) is 0. The summed E-state index contributed by atoms with van der Waals surface area (Å²) in [6, 6.07) is 0. The molecule has 0 bridgehead atoms. The van der Waals surface area contributed by atoms with Gasteiger partial charge in [-0.3, -0.25) is 4.18 Å². The van der Waals surface area contributed by atoms with Crippen molar-refractivity contribution >= 4 is 55.8 Å². The largest absolute Gasteiger partial charge is 0.270 e. The number of alkyl halides is 3. The molecule has 0 amide bonds. The van der Waals surface area contributed by atoms with E-state index in [0.717, 1.165) is 5.57 Å². The predicted molar refractivity (Wildman–Crippen MR) is 58.6 cm³/mol. The standard InChI is InChI=1S/C6H8Cl4O2S/c1-4(2)3-5(6(7,8)9)12-13(10)11/h5H,1,3H2,2H3. The molecule has 78 valence electrons. The first kappa shape index (κ1) is 14.0. The van der Waals surface area contributed by atoms with Crippen molar-refractivity contribution in [3.63, 3.8) is 0 Å². The lowest BCUT2D eigenvalue weighted by atomic mass is 10.2. The molecule has 0 spiro atoms. The number of hydrogen-bond donors (Lipinski definition) is 0. The van der Waals surface area contributed by atoms with Crippen LogP contribution in [0.3, 0.4) is 0 Å². The molecule has 2 nitrogen and oxygen atoms in total. The lowest BCUT2D eigenvalue weighted by molar-refractivity contribution is 0.235. The molecule has 0 aliphatic carbocycles. The van der Waals surface area contributed by atoms with E-state index < -0.39 is 20.2 Å². The van der Waals surface area contributed by atoms with Crippen LogP contribution in [0.2, 0.25) is 0 Å². The summed E-state index contributed by atoms with van der Waals surface area (Å²) >= 11 is 16.7. The number of halogens is 4. The van der Waals surface area contributed by atoms with Crippen LogP contribution in [0.5, 0.6) is 0 Å². The monoisotopic (exact) mass is 284 g/mol. The molecule has 0 saturated heterocycles.